The van der Waals surface area contributed by atoms with E-state index in [0.29, 0.717) is 17.2 Å². The van der Waals surface area contributed by atoms with Crippen LogP contribution in [0.15, 0.2) is 58.6 Å². The van der Waals surface area contributed by atoms with Gasteiger partial charge in [-0.1, -0.05) is 41.0 Å². The molecule has 1 aliphatic rings. The molecule has 1 aliphatic carbocycles. The molecule has 0 saturated carbocycles. The average Bonchev–Trinajstić information content (AvgIpc) is 2.53. The highest BCUT2D eigenvalue weighted by Gasteiger charge is 2.19. The highest BCUT2D eigenvalue weighted by atomic mass is 35.5. The number of hydrogen-bond acceptors (Lipinski definition) is 4. The summed E-state index contributed by atoms with van der Waals surface area (Å²) in [7, 11) is -3.93. The van der Waals surface area contributed by atoms with Crippen LogP contribution in [0.1, 0.15) is 24.0 Å². The summed E-state index contributed by atoms with van der Waals surface area (Å²) in [5.74, 6) is 0. The Hall–Kier alpha value is -1.85. The third kappa shape index (κ3) is 3.15. The molecule has 0 saturated heterocycles. The number of hydrogen-bond donors (Lipinski definition) is 0. The van der Waals surface area contributed by atoms with Gasteiger partial charge in [0.2, 0.25) is 0 Å². The molecule has 0 fully saturated rings. The van der Waals surface area contributed by atoms with Gasteiger partial charge in [0.15, 0.2) is 0 Å². The van der Waals surface area contributed by atoms with E-state index in [1.807, 2.05) is 24.3 Å². The number of halogens is 1. The van der Waals surface area contributed by atoms with Crippen molar-refractivity contribution < 1.29 is 12.7 Å². The minimum absolute atomic E-state index is 0.0327. The van der Waals surface area contributed by atoms with Gasteiger partial charge in [-0.2, -0.15) is 8.42 Å². The second-order valence-corrected chi connectivity index (χ2v) is 7.00. The Morgan fingerprint density at radius 2 is 1.73 bits per heavy atom. The molecule has 2 aromatic rings. The predicted molar refractivity (Wildman–Crippen MR) is 85.6 cm³/mol. The third-order valence-corrected chi connectivity index (χ3v) is 4.91. The fraction of sp³-hybridized carbons (Fsp3) is 0.188. The zero-order chi connectivity index (χ0) is 15.6. The third-order valence-electron chi connectivity index (χ3n) is 3.54. The number of fused-ring (bicyclic) bond motifs is 1. The predicted octanol–water partition coefficient (Wildman–Crippen LogP) is 3.79. The molecule has 4 nitrogen and oxygen atoms in total. The first-order valence-corrected chi connectivity index (χ1v) is 8.69. The smallest absolute Gasteiger partial charge is 0.264 e. The fourth-order valence-electron chi connectivity index (χ4n) is 2.43. The fourth-order valence-corrected chi connectivity index (χ4v) is 3.30. The summed E-state index contributed by atoms with van der Waals surface area (Å²) in [6.45, 7) is 0. The van der Waals surface area contributed by atoms with Crippen LogP contribution < -0.4 is 0 Å². The molecule has 0 atom stereocenters. The van der Waals surface area contributed by atoms with Crippen LogP contribution in [0.2, 0.25) is 5.02 Å². The molecule has 0 radical (unpaired) electrons. The van der Waals surface area contributed by atoms with E-state index in [0.717, 1.165) is 18.4 Å². The summed E-state index contributed by atoms with van der Waals surface area (Å²) in [6, 6.07) is 13.6. The Labute approximate surface area is 134 Å². The summed E-state index contributed by atoms with van der Waals surface area (Å²) in [6.07, 6.45) is 2.60. The summed E-state index contributed by atoms with van der Waals surface area (Å²) in [5, 5.41) is 4.36. The highest BCUT2D eigenvalue weighted by molar-refractivity contribution is 7.86. The van der Waals surface area contributed by atoms with Crippen LogP contribution in [0.25, 0.3) is 0 Å². The minimum atomic E-state index is -3.93. The Morgan fingerprint density at radius 1 is 1.00 bits per heavy atom. The Morgan fingerprint density at radius 3 is 2.50 bits per heavy atom. The molecule has 3 rings (SSSR count). The SMILES string of the molecule is O=S(=O)(O/N=C1\CCCc2ccccc21)c1ccc(Cl)cc1. The maximum absolute atomic E-state index is 12.1. The van der Waals surface area contributed by atoms with Gasteiger partial charge >= 0.3 is 10.1 Å². The summed E-state index contributed by atoms with van der Waals surface area (Å²) in [5.41, 5.74) is 2.79. The van der Waals surface area contributed by atoms with E-state index in [1.165, 1.54) is 29.8 Å². The number of rotatable bonds is 3. The maximum Gasteiger partial charge on any atom is 0.358 e. The first kappa shape index (κ1) is 15.1. The van der Waals surface area contributed by atoms with Gasteiger partial charge in [0.05, 0.1) is 5.71 Å². The Bertz CT molecular complexity index is 814. The molecule has 6 heteroatoms. The lowest BCUT2D eigenvalue weighted by Crippen LogP contribution is -2.13. The second kappa shape index (κ2) is 6.10. The molecule has 0 N–H and O–H groups in total. The maximum atomic E-state index is 12.1. The molecule has 0 heterocycles. The van der Waals surface area contributed by atoms with Crippen LogP contribution in [-0.4, -0.2) is 14.1 Å². The molecule has 114 valence electrons. The molecular weight excluding hydrogens is 322 g/mol. The first-order chi connectivity index (χ1) is 10.6. The number of aryl methyl sites for hydroxylation is 1. The molecule has 2 aromatic carbocycles. The van der Waals surface area contributed by atoms with Gasteiger partial charge in [-0.15, -0.1) is 0 Å². The van der Waals surface area contributed by atoms with Crippen molar-refractivity contribution in [2.75, 3.05) is 0 Å². The number of benzene rings is 2. The molecule has 22 heavy (non-hydrogen) atoms. The lowest BCUT2D eigenvalue weighted by Gasteiger charge is -2.16. The number of nitrogens with zero attached hydrogens (tertiary/aromatic N) is 1. The van der Waals surface area contributed by atoms with Crippen molar-refractivity contribution in [2.45, 2.75) is 24.2 Å². The zero-order valence-electron chi connectivity index (χ0n) is 11.7. The van der Waals surface area contributed by atoms with Gasteiger partial charge in [0.1, 0.15) is 4.90 Å². The van der Waals surface area contributed by atoms with Crippen LogP contribution in [0, 0.1) is 0 Å². The monoisotopic (exact) mass is 335 g/mol. The molecule has 0 aliphatic heterocycles. The van der Waals surface area contributed by atoms with Crippen LogP contribution in [0.5, 0.6) is 0 Å². The van der Waals surface area contributed by atoms with Crippen LogP contribution >= 0.6 is 11.6 Å². The quantitative estimate of drug-likeness (QED) is 0.802. The van der Waals surface area contributed by atoms with Gasteiger partial charge in [-0.25, -0.2) is 0 Å². The van der Waals surface area contributed by atoms with E-state index in [1.54, 1.807) is 0 Å². The zero-order valence-corrected chi connectivity index (χ0v) is 13.3. The van der Waals surface area contributed by atoms with Gasteiger partial charge in [-0.3, -0.25) is 4.28 Å². The Kier molecular flexibility index (Phi) is 4.18. The van der Waals surface area contributed by atoms with Crippen molar-refractivity contribution >= 4 is 27.4 Å². The molecule has 0 amide bonds. The van der Waals surface area contributed by atoms with Crippen LogP contribution in [0.4, 0.5) is 0 Å². The summed E-state index contributed by atoms with van der Waals surface area (Å²) in [4.78, 5) is 0.0327. The van der Waals surface area contributed by atoms with Gasteiger partial charge < -0.3 is 0 Å². The van der Waals surface area contributed by atoms with E-state index >= 15 is 0 Å². The average molecular weight is 336 g/mol. The van der Waals surface area contributed by atoms with E-state index < -0.39 is 10.1 Å². The van der Waals surface area contributed by atoms with Gasteiger partial charge in [0.25, 0.3) is 0 Å². The van der Waals surface area contributed by atoms with E-state index in [2.05, 4.69) is 5.16 Å². The van der Waals surface area contributed by atoms with Gasteiger partial charge in [-0.05, 0) is 49.1 Å². The van der Waals surface area contributed by atoms with E-state index in [4.69, 9.17) is 15.9 Å². The van der Waals surface area contributed by atoms with Gasteiger partial charge in [0, 0.05) is 10.6 Å². The summed E-state index contributed by atoms with van der Waals surface area (Å²) >= 11 is 5.75. The van der Waals surface area contributed by atoms with Crippen LogP contribution in [0.3, 0.4) is 0 Å². The molecule has 0 unspecified atom stereocenters. The first-order valence-electron chi connectivity index (χ1n) is 6.91. The minimum Gasteiger partial charge on any atom is -0.264 e. The lowest BCUT2D eigenvalue weighted by molar-refractivity contribution is 0.337. The molecule has 0 bridgehead atoms. The van der Waals surface area contributed by atoms with Crippen molar-refractivity contribution in [3.63, 3.8) is 0 Å². The standard InChI is InChI=1S/C16H14ClNO3S/c17-13-8-10-14(11-9-13)22(19,20)21-18-16-7-3-5-12-4-1-2-6-15(12)16/h1-2,4,6,8-11H,3,5,7H2/b18-16+. The summed E-state index contributed by atoms with van der Waals surface area (Å²) < 4.78 is 29.1. The molecular formula is C16H14ClNO3S. The van der Waals surface area contributed by atoms with E-state index in [-0.39, 0.29) is 4.90 Å². The van der Waals surface area contributed by atoms with Crippen LogP contribution in [-0.2, 0) is 20.8 Å². The normalized spacial score (nSPS) is 16.3. The van der Waals surface area contributed by atoms with E-state index in [9.17, 15) is 8.42 Å². The second-order valence-electron chi connectivity index (χ2n) is 5.03. The van der Waals surface area contributed by atoms with Crippen molar-refractivity contribution in [2.24, 2.45) is 5.16 Å². The van der Waals surface area contributed by atoms with Crippen molar-refractivity contribution in [1.82, 2.24) is 0 Å². The largest absolute Gasteiger partial charge is 0.358 e. The molecule has 0 spiro atoms. The van der Waals surface area contributed by atoms with Crippen molar-refractivity contribution in [1.29, 1.82) is 0 Å². The number of oxime groups is 1. The highest BCUT2D eigenvalue weighted by Crippen LogP contribution is 2.23. The van der Waals surface area contributed by atoms with Crippen molar-refractivity contribution in [3.8, 4) is 0 Å². The lowest BCUT2D eigenvalue weighted by atomic mass is 9.90. The molecule has 0 aromatic heterocycles. The van der Waals surface area contributed by atoms with Crippen molar-refractivity contribution in [3.05, 3.63) is 64.7 Å². The Balaban J connectivity index is 1.87. The topological polar surface area (TPSA) is 55.7 Å².